The van der Waals surface area contributed by atoms with Crippen molar-refractivity contribution in [2.75, 3.05) is 26.6 Å². The Morgan fingerprint density at radius 3 is 2.43 bits per heavy atom. The maximum atomic E-state index is 13.4. The first-order valence-corrected chi connectivity index (χ1v) is 14.4. The summed E-state index contributed by atoms with van der Waals surface area (Å²) in [5.74, 6) is 0.736. The van der Waals surface area contributed by atoms with Gasteiger partial charge in [-0.1, -0.05) is 12.1 Å². The van der Waals surface area contributed by atoms with E-state index in [0.29, 0.717) is 52.3 Å². The fourth-order valence-electron chi connectivity index (χ4n) is 6.25. The smallest absolute Gasteiger partial charge is 0.254 e. The molecule has 2 aliphatic rings. The molecule has 3 heterocycles. The number of ether oxygens (including phenoxy) is 3. The molecule has 0 saturated heterocycles. The van der Waals surface area contributed by atoms with Crippen LogP contribution in [0.1, 0.15) is 60.2 Å². The van der Waals surface area contributed by atoms with Crippen molar-refractivity contribution >= 4 is 22.5 Å². The Hall–Kier alpha value is -4.58. The maximum Gasteiger partial charge on any atom is 0.254 e. The van der Waals surface area contributed by atoms with Gasteiger partial charge < -0.3 is 24.6 Å². The number of aromatic nitrogens is 5. The van der Waals surface area contributed by atoms with Gasteiger partial charge in [-0.05, 0) is 43.2 Å². The van der Waals surface area contributed by atoms with Crippen molar-refractivity contribution in [1.82, 2.24) is 24.6 Å². The molecular formula is C32H32F2N6O4. The summed E-state index contributed by atoms with van der Waals surface area (Å²) in [5.41, 5.74) is 2.07. The minimum atomic E-state index is -2.82. The van der Waals surface area contributed by atoms with Gasteiger partial charge in [-0.25, -0.2) is 18.7 Å². The van der Waals surface area contributed by atoms with E-state index in [1.807, 2.05) is 42.5 Å². The van der Waals surface area contributed by atoms with Gasteiger partial charge in [0.1, 0.15) is 28.4 Å². The lowest BCUT2D eigenvalue weighted by molar-refractivity contribution is -0.210. The molecular weight excluding hydrogens is 570 g/mol. The van der Waals surface area contributed by atoms with Gasteiger partial charge in [-0.15, -0.1) is 5.10 Å². The predicted molar refractivity (Wildman–Crippen MR) is 159 cm³/mol. The van der Waals surface area contributed by atoms with E-state index < -0.39 is 24.4 Å². The van der Waals surface area contributed by atoms with Crippen LogP contribution in [-0.2, 0) is 12.1 Å². The zero-order valence-electron chi connectivity index (χ0n) is 24.6. The van der Waals surface area contributed by atoms with Gasteiger partial charge in [0.2, 0.25) is 5.95 Å². The maximum absolute atomic E-state index is 13.4. The number of anilines is 1. The van der Waals surface area contributed by atoms with E-state index in [0.717, 1.165) is 29.5 Å². The number of rotatable bonds is 9. The number of aliphatic hydroxyl groups is 1. The van der Waals surface area contributed by atoms with Gasteiger partial charge in [-0.2, -0.15) is 4.52 Å². The lowest BCUT2D eigenvalue weighted by atomic mass is 9.71. The summed E-state index contributed by atoms with van der Waals surface area (Å²) in [4.78, 5) is 14.4. The van der Waals surface area contributed by atoms with Crippen LogP contribution in [-0.4, -0.2) is 56.9 Å². The van der Waals surface area contributed by atoms with Crippen LogP contribution < -0.4 is 19.5 Å². The molecule has 7 rings (SSSR count). The lowest BCUT2D eigenvalue weighted by Gasteiger charge is -2.43. The largest absolute Gasteiger partial charge is 0.497 e. The highest BCUT2D eigenvalue weighted by atomic mass is 19.3. The van der Waals surface area contributed by atoms with E-state index in [-0.39, 0.29) is 11.8 Å². The summed E-state index contributed by atoms with van der Waals surface area (Å²) in [6.07, 6.45) is 2.00. The number of pyridine rings is 1. The number of alkyl halides is 2. The molecule has 0 bridgehead atoms. The van der Waals surface area contributed by atoms with Gasteiger partial charge in [0.15, 0.2) is 11.5 Å². The number of nitrogens with zero attached hydrogens (tertiary/aromatic N) is 5. The third-order valence-electron chi connectivity index (χ3n) is 8.78. The zero-order valence-corrected chi connectivity index (χ0v) is 24.6. The monoisotopic (exact) mass is 602 g/mol. The minimum Gasteiger partial charge on any atom is -0.497 e. The minimum absolute atomic E-state index is 0.117. The average molecular weight is 603 g/mol. The summed E-state index contributed by atoms with van der Waals surface area (Å²) in [6, 6.07) is 14.9. The zero-order chi connectivity index (χ0) is 30.6. The number of hydrogen-bond donors (Lipinski definition) is 2. The molecule has 0 amide bonds. The number of methoxy groups -OCH3 is 3. The van der Waals surface area contributed by atoms with Gasteiger partial charge >= 0.3 is 0 Å². The summed E-state index contributed by atoms with van der Waals surface area (Å²) in [7, 11) is 4.84. The first-order chi connectivity index (χ1) is 21.2. The molecule has 0 atom stereocenters. The molecule has 44 heavy (non-hydrogen) atoms. The first-order valence-electron chi connectivity index (χ1n) is 14.4. The molecule has 5 aromatic rings. The van der Waals surface area contributed by atoms with Crippen LogP contribution in [0.4, 0.5) is 14.7 Å². The Morgan fingerprint density at radius 2 is 1.75 bits per heavy atom. The molecule has 2 saturated carbocycles. The predicted octanol–water partition coefficient (Wildman–Crippen LogP) is 5.59. The molecule has 228 valence electrons. The summed E-state index contributed by atoms with van der Waals surface area (Å²) < 4.78 is 45.0. The quantitative estimate of drug-likeness (QED) is 0.223. The number of fused-ring (bicyclic) bond motifs is 3. The summed E-state index contributed by atoms with van der Waals surface area (Å²) in [6.45, 7) is 0.422. The standard InChI is InChI=1S/C32H32F2N6O4/c1-42-22-9-7-18(26(13-22)44-3)14-36-30-37-27-23(5-4-6-25(27)43-2)29-38-28(39-40(29)30)20-11-19(12-20)24-10-8-21(15-35-24)31(41)16-32(33,34)17-31/h4-10,13,15,19-20,41H,11-12,14,16-17H2,1-3H3,(H,36,37)/t19-,20-. The molecule has 2 aliphatic carbocycles. The van der Waals surface area contributed by atoms with Crippen LogP contribution in [0.15, 0.2) is 54.7 Å². The Morgan fingerprint density at radius 1 is 0.955 bits per heavy atom. The molecule has 0 unspecified atom stereocenters. The Labute approximate surface area is 252 Å². The van der Waals surface area contributed by atoms with Crippen molar-refractivity contribution in [3.8, 4) is 17.2 Å². The molecule has 12 heteroatoms. The van der Waals surface area contributed by atoms with E-state index in [1.54, 1.807) is 31.9 Å². The number of halogens is 2. The number of para-hydroxylation sites is 1. The van der Waals surface area contributed by atoms with E-state index in [1.165, 1.54) is 6.20 Å². The number of benzene rings is 2. The molecule has 3 aromatic heterocycles. The van der Waals surface area contributed by atoms with Gasteiger partial charge in [0, 0.05) is 65.7 Å². The summed E-state index contributed by atoms with van der Waals surface area (Å²) >= 11 is 0. The fraction of sp³-hybridized carbons (Fsp3) is 0.375. The topological polar surface area (TPSA) is 116 Å². The Balaban J connectivity index is 1.14. The van der Waals surface area contributed by atoms with Crippen molar-refractivity contribution in [2.24, 2.45) is 0 Å². The normalized spacial score (nSPS) is 20.1. The number of nitrogens with one attached hydrogen (secondary N) is 1. The molecule has 2 aromatic carbocycles. The second kappa shape index (κ2) is 10.5. The second-order valence-corrected chi connectivity index (χ2v) is 11.6. The average Bonchev–Trinajstić information content (AvgIpc) is 3.43. The molecule has 0 spiro atoms. The SMILES string of the molecule is COc1ccc(CNc2nc3c(OC)cccc3c3nc([C@H]4C[C@H](c5ccc(C6(O)CC(F)(F)C6)cn5)C4)nn23)c(OC)c1. The first kappa shape index (κ1) is 28.2. The van der Waals surface area contributed by atoms with Crippen LogP contribution in [0.5, 0.6) is 17.2 Å². The lowest BCUT2D eigenvalue weighted by Crippen LogP contribution is -2.49. The molecule has 0 aliphatic heterocycles. The van der Waals surface area contributed by atoms with Crippen LogP contribution in [0.3, 0.4) is 0 Å². The van der Waals surface area contributed by atoms with Gasteiger partial charge in [0.25, 0.3) is 5.92 Å². The van der Waals surface area contributed by atoms with Gasteiger partial charge in [-0.3, -0.25) is 4.98 Å². The van der Waals surface area contributed by atoms with Crippen LogP contribution in [0.2, 0.25) is 0 Å². The molecule has 0 radical (unpaired) electrons. The highest BCUT2D eigenvalue weighted by Gasteiger charge is 2.56. The van der Waals surface area contributed by atoms with E-state index in [4.69, 9.17) is 29.3 Å². The van der Waals surface area contributed by atoms with E-state index >= 15 is 0 Å². The Bertz CT molecular complexity index is 1850. The highest BCUT2D eigenvalue weighted by molar-refractivity contribution is 5.96. The molecule has 2 fully saturated rings. The van der Waals surface area contributed by atoms with Crippen LogP contribution in [0.25, 0.3) is 16.6 Å². The van der Waals surface area contributed by atoms with E-state index in [2.05, 4.69) is 10.3 Å². The van der Waals surface area contributed by atoms with Crippen molar-refractivity contribution in [3.63, 3.8) is 0 Å². The second-order valence-electron chi connectivity index (χ2n) is 11.6. The molecule has 2 N–H and O–H groups in total. The van der Waals surface area contributed by atoms with E-state index in [9.17, 15) is 13.9 Å². The third kappa shape index (κ3) is 4.83. The highest BCUT2D eigenvalue weighted by Crippen LogP contribution is 2.52. The molecule has 10 nitrogen and oxygen atoms in total. The van der Waals surface area contributed by atoms with Crippen LogP contribution in [0, 0.1) is 0 Å². The van der Waals surface area contributed by atoms with Crippen molar-refractivity contribution in [3.05, 3.63) is 77.4 Å². The van der Waals surface area contributed by atoms with Crippen LogP contribution >= 0.6 is 0 Å². The third-order valence-corrected chi connectivity index (χ3v) is 8.78. The Kier molecular flexibility index (Phi) is 6.76. The van der Waals surface area contributed by atoms with Crippen molar-refractivity contribution < 1.29 is 28.1 Å². The number of hydrogen-bond acceptors (Lipinski definition) is 9. The summed E-state index contributed by atoms with van der Waals surface area (Å²) in [5, 5.41) is 19.6. The fourth-order valence-corrected chi connectivity index (χ4v) is 6.25. The van der Waals surface area contributed by atoms with Crippen molar-refractivity contribution in [1.29, 1.82) is 0 Å². The van der Waals surface area contributed by atoms with Crippen molar-refractivity contribution in [2.45, 2.75) is 55.6 Å². The van der Waals surface area contributed by atoms with Gasteiger partial charge in [0.05, 0.1) is 21.3 Å².